The third kappa shape index (κ3) is 10.5. The van der Waals surface area contributed by atoms with Crippen LogP contribution in [0.3, 0.4) is 0 Å². The van der Waals surface area contributed by atoms with Crippen molar-refractivity contribution in [3.05, 3.63) is 70.8 Å². The molecule has 1 heterocycles. The zero-order valence-corrected chi connectivity index (χ0v) is 26.3. The lowest BCUT2D eigenvalue weighted by Gasteiger charge is -2.36. The van der Waals surface area contributed by atoms with Crippen LogP contribution in [0.4, 0.5) is 0 Å². The molecule has 2 aromatic rings. The minimum Gasteiger partial charge on any atom is -0.366 e. The molecule has 1 aliphatic rings. The van der Waals surface area contributed by atoms with Crippen LogP contribution in [0.5, 0.6) is 0 Å². The van der Waals surface area contributed by atoms with E-state index in [0.29, 0.717) is 31.6 Å². The van der Waals surface area contributed by atoms with E-state index in [1.165, 1.54) is 21.0 Å². The van der Waals surface area contributed by atoms with E-state index in [-0.39, 0.29) is 5.56 Å². The van der Waals surface area contributed by atoms with Gasteiger partial charge in [0.15, 0.2) is 17.6 Å². The Morgan fingerprint density at radius 1 is 0.977 bits per heavy atom. The fourth-order valence-electron chi connectivity index (χ4n) is 4.08. The fraction of sp³-hybridized carbons (Fsp3) is 0.485. The van der Waals surface area contributed by atoms with Crippen molar-refractivity contribution >= 4 is 17.7 Å². The van der Waals surface area contributed by atoms with Gasteiger partial charge in [-0.25, -0.2) is 10.3 Å². The molecular weight excluding hydrogens is 550 g/mol. The van der Waals surface area contributed by atoms with Crippen LogP contribution < -0.4 is 10.8 Å². The van der Waals surface area contributed by atoms with Crippen LogP contribution in [-0.2, 0) is 30.3 Å². The Morgan fingerprint density at radius 3 is 2.07 bits per heavy atom. The van der Waals surface area contributed by atoms with Crippen molar-refractivity contribution in [3.63, 3.8) is 0 Å². The maximum Gasteiger partial charge on any atom is 0.279 e. The molecule has 10 heteroatoms. The minimum atomic E-state index is -1.88. The maximum atomic E-state index is 13.3. The number of rotatable bonds is 10. The number of hydroxylamine groups is 1. The van der Waals surface area contributed by atoms with Gasteiger partial charge in [0.25, 0.3) is 17.7 Å². The lowest BCUT2D eigenvalue weighted by Crippen LogP contribution is -2.65. The predicted molar refractivity (Wildman–Crippen MR) is 164 cm³/mol. The van der Waals surface area contributed by atoms with Crippen LogP contribution >= 0.6 is 0 Å². The summed E-state index contributed by atoms with van der Waals surface area (Å²) in [6, 6.07) is 14.4. The summed E-state index contributed by atoms with van der Waals surface area (Å²) in [4.78, 5) is 45.7. The minimum absolute atomic E-state index is 0.287. The van der Waals surface area contributed by atoms with E-state index in [9.17, 15) is 19.5 Å². The van der Waals surface area contributed by atoms with Crippen molar-refractivity contribution in [2.45, 2.75) is 77.9 Å². The first-order chi connectivity index (χ1) is 20.4. The third-order valence-corrected chi connectivity index (χ3v) is 6.79. The molecule has 0 bridgehead atoms. The number of ether oxygens (including phenoxy) is 2. The van der Waals surface area contributed by atoms with Crippen LogP contribution in [0.1, 0.15) is 80.9 Å². The average molecular weight is 596 g/mol. The molecule has 0 radical (unpaired) electrons. The second-order valence-corrected chi connectivity index (χ2v) is 10.4. The van der Waals surface area contributed by atoms with E-state index in [0.717, 1.165) is 28.9 Å². The number of benzene rings is 2. The molecule has 2 aromatic carbocycles. The molecule has 1 unspecified atom stereocenters. The fourth-order valence-corrected chi connectivity index (χ4v) is 4.08. The first-order valence-corrected chi connectivity index (χ1v) is 14.6. The van der Waals surface area contributed by atoms with Crippen molar-refractivity contribution < 1.29 is 33.8 Å². The van der Waals surface area contributed by atoms with Gasteiger partial charge in [-0.15, -0.1) is 0 Å². The van der Waals surface area contributed by atoms with E-state index >= 15 is 0 Å². The maximum absolute atomic E-state index is 13.3. The predicted octanol–water partition coefficient (Wildman–Crippen LogP) is 3.55. The van der Waals surface area contributed by atoms with Crippen LogP contribution in [0.2, 0.25) is 0 Å². The summed E-state index contributed by atoms with van der Waals surface area (Å²) in [5.74, 6) is 3.03. The van der Waals surface area contributed by atoms with Gasteiger partial charge in [0.1, 0.15) is 0 Å². The van der Waals surface area contributed by atoms with Gasteiger partial charge in [0.05, 0.1) is 6.61 Å². The zero-order chi connectivity index (χ0) is 32.0. The van der Waals surface area contributed by atoms with Gasteiger partial charge >= 0.3 is 0 Å². The summed E-state index contributed by atoms with van der Waals surface area (Å²) in [5.41, 5.74) is 3.29. The van der Waals surface area contributed by atoms with Crippen LogP contribution in [0.15, 0.2) is 48.5 Å². The summed E-state index contributed by atoms with van der Waals surface area (Å²) in [5, 5.41) is 12.1. The van der Waals surface area contributed by atoms with Gasteiger partial charge < -0.3 is 24.8 Å². The molecule has 0 saturated carbocycles. The molecule has 3 amide bonds. The van der Waals surface area contributed by atoms with Gasteiger partial charge in [-0.3, -0.25) is 14.4 Å². The summed E-state index contributed by atoms with van der Waals surface area (Å²) >= 11 is 0. The van der Waals surface area contributed by atoms with Gasteiger partial charge in [-0.2, -0.15) is 0 Å². The summed E-state index contributed by atoms with van der Waals surface area (Å²) in [6.07, 6.45) is 2.50. The average Bonchev–Trinajstić information content (AvgIpc) is 3.02. The summed E-state index contributed by atoms with van der Waals surface area (Å²) in [7, 11) is 2.78. The molecular formula is C33H45N3O7. The number of amides is 3. The highest BCUT2D eigenvalue weighted by molar-refractivity contribution is 6.12. The van der Waals surface area contributed by atoms with Crippen LogP contribution in [0, 0.1) is 11.8 Å². The van der Waals surface area contributed by atoms with Gasteiger partial charge in [0, 0.05) is 43.8 Å². The van der Waals surface area contributed by atoms with E-state index in [4.69, 9.17) is 14.3 Å². The first kappa shape index (κ1) is 35.4. The van der Waals surface area contributed by atoms with E-state index in [1.54, 1.807) is 38.1 Å². The SMILES string of the molecule is CC.CNC(=O)[C@@](C)(C(=O)NOC1CCCCO1)N(C)C(=O)c1ccc(C#Cc2ccc(CCOC(C)(C)O)cc2)cc1. The smallest absolute Gasteiger partial charge is 0.279 e. The lowest BCUT2D eigenvalue weighted by atomic mass is 9.96. The highest BCUT2D eigenvalue weighted by Gasteiger charge is 2.47. The lowest BCUT2D eigenvalue weighted by molar-refractivity contribution is -0.204. The normalized spacial score (nSPS) is 15.9. The first-order valence-electron chi connectivity index (χ1n) is 14.6. The molecule has 3 N–H and O–H groups in total. The van der Waals surface area contributed by atoms with Crippen LogP contribution in [-0.4, -0.2) is 72.7 Å². The number of hydrogen-bond acceptors (Lipinski definition) is 7. The quantitative estimate of drug-likeness (QED) is 0.166. The summed E-state index contributed by atoms with van der Waals surface area (Å²) in [6.45, 7) is 9.48. The third-order valence-electron chi connectivity index (χ3n) is 6.79. The van der Waals surface area contributed by atoms with E-state index in [2.05, 4.69) is 22.6 Å². The zero-order valence-electron chi connectivity index (χ0n) is 26.3. The number of aliphatic hydroxyl groups is 1. The Bertz CT molecular complexity index is 1250. The monoisotopic (exact) mass is 595 g/mol. The second-order valence-electron chi connectivity index (χ2n) is 10.4. The topological polar surface area (TPSA) is 126 Å². The molecule has 0 spiro atoms. The Labute approximate surface area is 255 Å². The summed E-state index contributed by atoms with van der Waals surface area (Å²) < 4.78 is 10.8. The molecule has 1 fully saturated rings. The Balaban J connectivity index is 0.00000316. The molecule has 3 rings (SSSR count). The highest BCUT2D eigenvalue weighted by atomic mass is 16.8. The van der Waals surface area contributed by atoms with Crippen molar-refractivity contribution in [2.75, 3.05) is 27.3 Å². The van der Waals surface area contributed by atoms with E-state index < -0.39 is 35.3 Å². The van der Waals surface area contributed by atoms with Gasteiger partial charge in [0.2, 0.25) is 0 Å². The van der Waals surface area contributed by atoms with Crippen molar-refractivity contribution in [3.8, 4) is 11.8 Å². The molecule has 234 valence electrons. The molecule has 2 atom stereocenters. The molecule has 10 nitrogen and oxygen atoms in total. The number of likely N-dealkylation sites (N-methyl/N-ethyl adjacent to an activating group) is 2. The standard InChI is InChI=1S/C31H39N3O7.C2H6/c1-30(2,38)40-21-19-24-13-11-22(12-14-24)9-10-23-15-17-25(18-16-23)27(35)34(5)31(3,28(36)32-4)29(37)33-41-26-8-6-7-20-39-26;1-2/h11-18,26,38H,6-8,19-21H2,1-5H3,(H,32,36)(H,33,37);1-2H3/t26?,31-;/m0./s1. The largest absolute Gasteiger partial charge is 0.366 e. The van der Waals surface area contributed by atoms with Crippen molar-refractivity contribution in [1.82, 2.24) is 15.7 Å². The van der Waals surface area contributed by atoms with Gasteiger partial charge in [-0.05, 0) is 82.0 Å². The number of carbonyl (C=O) groups is 3. The Kier molecular flexibility index (Phi) is 13.8. The molecule has 0 aliphatic carbocycles. The van der Waals surface area contributed by atoms with Crippen molar-refractivity contribution in [1.29, 1.82) is 0 Å². The number of carbonyl (C=O) groups excluding carboxylic acids is 3. The van der Waals surface area contributed by atoms with Crippen LogP contribution in [0.25, 0.3) is 0 Å². The second kappa shape index (κ2) is 16.8. The van der Waals surface area contributed by atoms with Gasteiger partial charge in [-0.1, -0.05) is 37.8 Å². The highest BCUT2D eigenvalue weighted by Crippen LogP contribution is 2.20. The number of nitrogens with zero attached hydrogens (tertiary/aromatic N) is 1. The Hall–Kier alpha value is -3.75. The molecule has 43 heavy (non-hydrogen) atoms. The Morgan fingerprint density at radius 2 is 1.56 bits per heavy atom. The molecule has 1 saturated heterocycles. The van der Waals surface area contributed by atoms with Crippen molar-refractivity contribution in [2.24, 2.45) is 0 Å². The van der Waals surface area contributed by atoms with E-state index in [1.807, 2.05) is 38.1 Å². The number of hydrogen-bond donors (Lipinski definition) is 3. The molecule has 0 aromatic heterocycles. The number of nitrogens with one attached hydrogen (secondary N) is 2. The molecule has 1 aliphatic heterocycles.